The summed E-state index contributed by atoms with van der Waals surface area (Å²) < 4.78 is 25.8. The third-order valence-electron chi connectivity index (χ3n) is 4.62. The van der Waals surface area contributed by atoms with Gasteiger partial charge in [0.25, 0.3) is 0 Å². The molecule has 0 aliphatic rings. The zero-order valence-electron chi connectivity index (χ0n) is 16.5. The molecule has 1 N–H and O–H groups in total. The van der Waals surface area contributed by atoms with Gasteiger partial charge in [0, 0.05) is 5.02 Å². The lowest BCUT2D eigenvalue weighted by molar-refractivity contribution is -0.122. The number of nitrogens with one attached hydrogen (secondary N) is 1. The fourth-order valence-electron chi connectivity index (χ4n) is 2.89. The highest BCUT2D eigenvalue weighted by atomic mass is 35.5. The van der Waals surface area contributed by atoms with Crippen LogP contribution in [0.1, 0.15) is 36.6 Å². The summed E-state index contributed by atoms with van der Waals surface area (Å²) in [7, 11) is -3.78. The quantitative estimate of drug-likeness (QED) is 0.707. The molecule has 0 unspecified atom stereocenters. The molecule has 2 rings (SSSR count). The maximum absolute atomic E-state index is 12.8. The zero-order chi connectivity index (χ0) is 21.2. The summed E-state index contributed by atoms with van der Waals surface area (Å²) in [5, 5.41) is 3.39. The molecule has 1 amide bonds. The first-order valence-electron chi connectivity index (χ1n) is 8.73. The predicted octanol–water partition coefficient (Wildman–Crippen LogP) is 4.64. The first-order chi connectivity index (χ1) is 12.9. The second kappa shape index (κ2) is 8.72. The number of nitrogens with zero attached hydrogens (tertiary/aromatic N) is 1. The summed E-state index contributed by atoms with van der Waals surface area (Å²) in [6, 6.07) is 9.13. The molecule has 0 bridgehead atoms. The Balaban J connectivity index is 2.31. The number of hydrogen-bond donors (Lipinski definition) is 1. The largest absolute Gasteiger partial charge is 0.348 e. The van der Waals surface area contributed by atoms with Gasteiger partial charge in [0.2, 0.25) is 15.9 Å². The summed E-state index contributed by atoms with van der Waals surface area (Å²) in [6.07, 6.45) is 1.03. The van der Waals surface area contributed by atoms with Crippen molar-refractivity contribution in [2.75, 3.05) is 10.6 Å². The van der Waals surface area contributed by atoms with Gasteiger partial charge in [-0.05, 0) is 62.6 Å². The highest BCUT2D eigenvalue weighted by Crippen LogP contribution is 2.32. The van der Waals surface area contributed by atoms with E-state index < -0.39 is 22.0 Å². The van der Waals surface area contributed by atoms with Gasteiger partial charge in [0.1, 0.15) is 6.04 Å². The number of sulfonamides is 1. The van der Waals surface area contributed by atoms with Crippen LogP contribution in [0.5, 0.6) is 0 Å². The number of benzene rings is 2. The third-order valence-corrected chi connectivity index (χ3v) is 6.41. The molecule has 0 saturated carbocycles. The number of rotatable bonds is 6. The van der Waals surface area contributed by atoms with Crippen molar-refractivity contribution in [3.63, 3.8) is 0 Å². The first kappa shape index (κ1) is 22.5. The number of anilines is 1. The molecule has 0 saturated heterocycles. The molecule has 0 aliphatic heterocycles. The minimum atomic E-state index is -3.78. The zero-order valence-corrected chi connectivity index (χ0v) is 18.8. The Morgan fingerprint density at radius 1 is 1.04 bits per heavy atom. The van der Waals surface area contributed by atoms with Crippen LogP contribution in [-0.4, -0.2) is 26.6 Å². The fraction of sp³-hybridized carbons (Fsp3) is 0.350. The van der Waals surface area contributed by atoms with Crippen LogP contribution in [0.3, 0.4) is 0 Å². The molecule has 28 heavy (non-hydrogen) atoms. The molecule has 2 atom stereocenters. The lowest BCUT2D eigenvalue weighted by atomic mass is 10.0. The van der Waals surface area contributed by atoms with Crippen molar-refractivity contribution in [1.29, 1.82) is 0 Å². The van der Waals surface area contributed by atoms with Crippen LogP contribution in [0.2, 0.25) is 10.0 Å². The van der Waals surface area contributed by atoms with E-state index in [2.05, 4.69) is 5.32 Å². The van der Waals surface area contributed by atoms with Crippen LogP contribution in [-0.2, 0) is 14.8 Å². The van der Waals surface area contributed by atoms with Crippen LogP contribution in [0.25, 0.3) is 0 Å². The number of halogens is 2. The monoisotopic (exact) mass is 442 g/mol. The second-order valence-electron chi connectivity index (χ2n) is 6.90. The molecule has 0 heterocycles. The van der Waals surface area contributed by atoms with E-state index in [9.17, 15) is 13.2 Å². The van der Waals surface area contributed by atoms with Crippen LogP contribution < -0.4 is 9.62 Å². The normalized spacial score (nSPS) is 13.7. The van der Waals surface area contributed by atoms with Crippen LogP contribution in [0.4, 0.5) is 5.69 Å². The van der Waals surface area contributed by atoms with Crippen LogP contribution in [0, 0.1) is 13.8 Å². The van der Waals surface area contributed by atoms with Gasteiger partial charge in [-0.2, -0.15) is 0 Å². The van der Waals surface area contributed by atoms with E-state index in [0.717, 1.165) is 27.3 Å². The van der Waals surface area contributed by atoms with Gasteiger partial charge in [-0.25, -0.2) is 8.42 Å². The van der Waals surface area contributed by atoms with Gasteiger partial charge in [-0.1, -0.05) is 41.4 Å². The number of hydrogen-bond acceptors (Lipinski definition) is 3. The molecular formula is C20H24Cl2N2O3S. The Hall–Kier alpha value is -1.76. The minimum absolute atomic E-state index is 0.165. The van der Waals surface area contributed by atoms with Crippen molar-refractivity contribution >= 4 is 44.8 Å². The van der Waals surface area contributed by atoms with E-state index in [1.54, 1.807) is 6.07 Å². The Morgan fingerprint density at radius 3 is 2.25 bits per heavy atom. The molecule has 0 radical (unpaired) electrons. The Morgan fingerprint density at radius 2 is 1.68 bits per heavy atom. The van der Waals surface area contributed by atoms with Gasteiger partial charge in [0.05, 0.1) is 23.0 Å². The van der Waals surface area contributed by atoms with Gasteiger partial charge < -0.3 is 5.32 Å². The van der Waals surface area contributed by atoms with E-state index in [1.807, 2.05) is 39.0 Å². The third kappa shape index (κ3) is 5.19. The average Bonchev–Trinajstić information content (AvgIpc) is 2.59. The van der Waals surface area contributed by atoms with Crippen molar-refractivity contribution in [2.45, 2.75) is 39.8 Å². The van der Waals surface area contributed by atoms with Crippen LogP contribution >= 0.6 is 23.2 Å². The van der Waals surface area contributed by atoms with E-state index in [1.165, 1.54) is 19.1 Å². The van der Waals surface area contributed by atoms with Crippen molar-refractivity contribution in [2.24, 2.45) is 0 Å². The van der Waals surface area contributed by atoms with Gasteiger partial charge in [-0.3, -0.25) is 9.10 Å². The van der Waals surface area contributed by atoms with Crippen molar-refractivity contribution in [3.8, 4) is 0 Å². The molecule has 0 fully saturated rings. The number of carbonyl (C=O) groups excluding carboxylic acids is 1. The maximum Gasteiger partial charge on any atom is 0.244 e. The predicted molar refractivity (Wildman–Crippen MR) is 116 cm³/mol. The van der Waals surface area contributed by atoms with Crippen molar-refractivity contribution in [3.05, 3.63) is 63.1 Å². The molecular weight excluding hydrogens is 419 g/mol. The summed E-state index contributed by atoms with van der Waals surface area (Å²) in [5.41, 5.74) is 3.39. The van der Waals surface area contributed by atoms with E-state index >= 15 is 0 Å². The van der Waals surface area contributed by atoms with Gasteiger partial charge >= 0.3 is 0 Å². The molecule has 0 aliphatic carbocycles. The summed E-state index contributed by atoms with van der Waals surface area (Å²) in [5.74, 6) is -0.438. The molecule has 0 aromatic heterocycles. The first-order valence-corrected chi connectivity index (χ1v) is 11.3. The maximum atomic E-state index is 12.8. The molecule has 8 heteroatoms. The summed E-state index contributed by atoms with van der Waals surface area (Å²) in [6.45, 7) is 7.39. The Labute approximate surface area is 176 Å². The minimum Gasteiger partial charge on any atom is -0.348 e. The fourth-order valence-corrected chi connectivity index (χ4v) is 4.49. The molecule has 5 nitrogen and oxygen atoms in total. The highest BCUT2D eigenvalue weighted by Gasteiger charge is 2.31. The standard InChI is InChI=1S/C20H24Cl2N2O3S/c1-12-6-7-16(10-13(12)2)14(3)23-20(25)15(4)24(28(5,26)27)19-11-17(21)8-9-18(19)22/h6-11,14-15H,1-5H3,(H,23,25)/t14-,15-/m0/s1. The molecule has 152 valence electrons. The van der Waals surface area contributed by atoms with Crippen molar-refractivity contribution < 1.29 is 13.2 Å². The smallest absolute Gasteiger partial charge is 0.244 e. The summed E-state index contributed by atoms with van der Waals surface area (Å²) in [4.78, 5) is 12.8. The topological polar surface area (TPSA) is 66.5 Å². The SMILES string of the molecule is Cc1ccc([C@H](C)NC(=O)[C@H](C)N(c2cc(Cl)ccc2Cl)S(C)(=O)=O)cc1C. The van der Waals surface area contributed by atoms with Gasteiger partial charge in [0.15, 0.2) is 0 Å². The number of amides is 1. The number of carbonyl (C=O) groups is 1. The molecule has 2 aromatic rings. The Bertz CT molecular complexity index is 993. The van der Waals surface area contributed by atoms with E-state index in [-0.39, 0.29) is 16.8 Å². The van der Waals surface area contributed by atoms with Crippen molar-refractivity contribution in [1.82, 2.24) is 5.32 Å². The summed E-state index contributed by atoms with van der Waals surface area (Å²) >= 11 is 12.2. The van der Waals surface area contributed by atoms with Gasteiger partial charge in [-0.15, -0.1) is 0 Å². The lowest BCUT2D eigenvalue weighted by Crippen LogP contribution is -2.48. The average molecular weight is 443 g/mol. The Kier molecular flexibility index (Phi) is 7.02. The van der Waals surface area contributed by atoms with E-state index in [4.69, 9.17) is 23.2 Å². The highest BCUT2D eigenvalue weighted by molar-refractivity contribution is 7.92. The lowest BCUT2D eigenvalue weighted by Gasteiger charge is -2.30. The second-order valence-corrected chi connectivity index (χ2v) is 9.61. The van der Waals surface area contributed by atoms with Crippen LogP contribution in [0.15, 0.2) is 36.4 Å². The van der Waals surface area contributed by atoms with E-state index in [0.29, 0.717) is 5.02 Å². The number of aryl methyl sites for hydroxylation is 2. The molecule has 2 aromatic carbocycles. The molecule has 0 spiro atoms.